The first-order valence-corrected chi connectivity index (χ1v) is 9.08. The summed E-state index contributed by atoms with van der Waals surface area (Å²) in [5, 5.41) is 3.05. The molecule has 0 aliphatic rings. The Labute approximate surface area is 136 Å². The summed E-state index contributed by atoms with van der Waals surface area (Å²) >= 11 is 10.0. The fourth-order valence-corrected chi connectivity index (χ4v) is 5.09. The minimum absolute atomic E-state index is 0.0976. The minimum Gasteiger partial charge on any atom is -0.350 e. The minimum atomic E-state index is -3.71. The molecule has 1 aromatic rings. The number of thiophene rings is 1. The maximum Gasteiger partial charge on any atom is 0.252 e. The molecule has 0 fully saturated rings. The average molecular weight is 404 g/mol. The Balaban J connectivity index is 2.86. The van der Waals surface area contributed by atoms with Crippen molar-refractivity contribution in [1.82, 2.24) is 9.62 Å². The zero-order valence-electron chi connectivity index (χ0n) is 11.5. The third kappa shape index (κ3) is 4.70. The highest BCUT2D eigenvalue weighted by Crippen LogP contribution is 2.35. The largest absolute Gasteiger partial charge is 0.350 e. The Morgan fingerprint density at radius 2 is 2.05 bits per heavy atom. The molecule has 0 atom stereocenters. The zero-order valence-corrected chi connectivity index (χ0v) is 15.5. The number of nitrogens with zero attached hydrogens (tertiary/aromatic N) is 1. The molecule has 0 spiro atoms. The van der Waals surface area contributed by atoms with Crippen LogP contribution in [0.25, 0.3) is 0 Å². The predicted octanol–water partition coefficient (Wildman–Crippen LogP) is 2.70. The molecule has 0 radical (unpaired) electrons. The number of sulfonamides is 1. The van der Waals surface area contributed by atoms with Crippen molar-refractivity contribution in [2.75, 3.05) is 13.6 Å². The van der Waals surface area contributed by atoms with Gasteiger partial charge in [-0.2, -0.15) is 4.31 Å². The Kier molecular flexibility index (Phi) is 5.65. The van der Waals surface area contributed by atoms with Gasteiger partial charge in [0.2, 0.25) is 5.91 Å². The van der Waals surface area contributed by atoms with E-state index < -0.39 is 15.6 Å². The highest BCUT2D eigenvalue weighted by molar-refractivity contribution is 9.11. The molecular formula is C11H16BrClN2O3S2. The van der Waals surface area contributed by atoms with Crippen molar-refractivity contribution in [1.29, 1.82) is 0 Å². The average Bonchev–Trinajstić information content (AvgIpc) is 2.56. The summed E-state index contributed by atoms with van der Waals surface area (Å²) in [6.45, 7) is 5.24. The van der Waals surface area contributed by atoms with E-state index >= 15 is 0 Å². The lowest BCUT2D eigenvalue weighted by Gasteiger charge is -2.22. The summed E-state index contributed by atoms with van der Waals surface area (Å²) in [6.07, 6.45) is 0. The van der Waals surface area contributed by atoms with E-state index in [1.165, 1.54) is 13.1 Å². The van der Waals surface area contributed by atoms with Gasteiger partial charge in [-0.1, -0.05) is 11.6 Å². The van der Waals surface area contributed by atoms with Gasteiger partial charge >= 0.3 is 0 Å². The second-order valence-corrected chi connectivity index (χ2v) is 10.3. The fourth-order valence-electron chi connectivity index (χ4n) is 1.35. The van der Waals surface area contributed by atoms with Crippen LogP contribution in [-0.2, 0) is 14.8 Å². The number of carbonyl (C=O) groups is 1. The highest BCUT2D eigenvalue weighted by Gasteiger charge is 2.26. The molecule has 0 bridgehead atoms. The van der Waals surface area contributed by atoms with Crippen LogP contribution in [0.3, 0.4) is 0 Å². The van der Waals surface area contributed by atoms with Gasteiger partial charge in [0.25, 0.3) is 10.0 Å². The topological polar surface area (TPSA) is 66.5 Å². The molecule has 0 unspecified atom stereocenters. The van der Waals surface area contributed by atoms with Gasteiger partial charge < -0.3 is 5.32 Å². The molecule has 1 rings (SSSR count). The summed E-state index contributed by atoms with van der Waals surface area (Å²) < 4.78 is 26.2. The molecule has 0 aromatic carbocycles. The molecule has 1 aromatic heterocycles. The number of nitrogens with one attached hydrogen (secondary N) is 1. The van der Waals surface area contributed by atoms with Crippen molar-refractivity contribution < 1.29 is 13.2 Å². The number of carbonyl (C=O) groups excluding carboxylic acids is 1. The molecule has 1 N–H and O–H groups in total. The van der Waals surface area contributed by atoms with Crippen molar-refractivity contribution in [2.45, 2.75) is 30.5 Å². The Hall–Kier alpha value is -0.150. The lowest BCUT2D eigenvalue weighted by Crippen LogP contribution is -2.46. The number of amides is 1. The van der Waals surface area contributed by atoms with Crippen LogP contribution in [0.5, 0.6) is 0 Å². The molecule has 0 saturated carbocycles. The van der Waals surface area contributed by atoms with Gasteiger partial charge in [0.05, 0.1) is 15.4 Å². The quantitative estimate of drug-likeness (QED) is 0.840. The van der Waals surface area contributed by atoms with Crippen LogP contribution >= 0.6 is 38.9 Å². The van der Waals surface area contributed by atoms with E-state index in [0.717, 1.165) is 15.6 Å². The molecule has 0 aliphatic carbocycles. The summed E-state index contributed by atoms with van der Waals surface area (Å²) in [5.74, 6) is -0.356. The molecule has 1 amide bonds. The van der Waals surface area contributed by atoms with Crippen molar-refractivity contribution in [2.24, 2.45) is 0 Å². The van der Waals surface area contributed by atoms with Crippen molar-refractivity contribution in [3.63, 3.8) is 0 Å². The number of rotatable bonds is 4. The van der Waals surface area contributed by atoms with E-state index in [-0.39, 0.29) is 16.7 Å². The molecular weight excluding hydrogens is 388 g/mol. The lowest BCUT2D eigenvalue weighted by molar-refractivity contribution is -0.122. The van der Waals surface area contributed by atoms with Crippen LogP contribution in [0.4, 0.5) is 0 Å². The first-order valence-electron chi connectivity index (χ1n) is 5.65. The molecule has 1 heterocycles. The van der Waals surface area contributed by atoms with E-state index in [2.05, 4.69) is 21.2 Å². The maximum atomic E-state index is 12.3. The van der Waals surface area contributed by atoms with E-state index in [1.807, 2.05) is 20.8 Å². The summed E-state index contributed by atoms with van der Waals surface area (Å²) in [7, 11) is -2.35. The highest BCUT2D eigenvalue weighted by atomic mass is 79.9. The first-order chi connectivity index (χ1) is 8.93. The van der Waals surface area contributed by atoms with Crippen molar-refractivity contribution >= 4 is 54.8 Å². The van der Waals surface area contributed by atoms with E-state index in [4.69, 9.17) is 11.6 Å². The second kappa shape index (κ2) is 6.31. The number of hydrogen-bond acceptors (Lipinski definition) is 4. The summed E-state index contributed by atoms with van der Waals surface area (Å²) in [4.78, 5) is 11.8. The van der Waals surface area contributed by atoms with E-state index in [0.29, 0.717) is 8.81 Å². The molecule has 5 nitrogen and oxygen atoms in total. The van der Waals surface area contributed by atoms with Crippen LogP contribution in [0.1, 0.15) is 20.8 Å². The predicted molar refractivity (Wildman–Crippen MR) is 84.7 cm³/mol. The smallest absolute Gasteiger partial charge is 0.252 e. The summed E-state index contributed by atoms with van der Waals surface area (Å²) in [6, 6.07) is 1.36. The van der Waals surface area contributed by atoms with Gasteiger partial charge in [-0.15, -0.1) is 11.3 Å². The van der Waals surface area contributed by atoms with Gasteiger partial charge in [0, 0.05) is 12.6 Å². The standard InChI is InChI=1S/C11H16BrClN2O3S2/c1-11(2,3)14-8(16)6-15(4)20(17,18)9-5-7(13)10(12)19-9/h5H,6H2,1-4H3,(H,14,16). The second-order valence-electron chi connectivity index (χ2n) is 5.25. The van der Waals surface area contributed by atoms with E-state index in [9.17, 15) is 13.2 Å². The molecule has 0 saturated heterocycles. The zero-order chi connectivity index (χ0) is 15.7. The molecule has 0 aliphatic heterocycles. The van der Waals surface area contributed by atoms with Crippen LogP contribution in [0.15, 0.2) is 14.1 Å². The van der Waals surface area contributed by atoms with Gasteiger partial charge in [-0.3, -0.25) is 4.79 Å². The normalized spacial score (nSPS) is 12.8. The van der Waals surface area contributed by atoms with Crippen LogP contribution in [0.2, 0.25) is 5.02 Å². The molecule has 20 heavy (non-hydrogen) atoms. The Bertz CT molecular complexity index is 588. The van der Waals surface area contributed by atoms with Crippen LogP contribution < -0.4 is 5.32 Å². The number of halogens is 2. The summed E-state index contributed by atoms with van der Waals surface area (Å²) in [5.41, 5.74) is -0.406. The van der Waals surface area contributed by atoms with Gasteiger partial charge in [-0.25, -0.2) is 8.42 Å². The monoisotopic (exact) mass is 402 g/mol. The third-order valence-corrected chi connectivity index (χ3v) is 6.90. The van der Waals surface area contributed by atoms with Crippen LogP contribution in [-0.4, -0.2) is 37.8 Å². The van der Waals surface area contributed by atoms with Crippen molar-refractivity contribution in [3.8, 4) is 0 Å². The van der Waals surface area contributed by atoms with Gasteiger partial charge in [0.15, 0.2) is 0 Å². The Morgan fingerprint density at radius 1 is 1.50 bits per heavy atom. The number of likely N-dealkylation sites (N-methyl/N-ethyl adjacent to an activating group) is 1. The lowest BCUT2D eigenvalue weighted by atomic mass is 10.1. The van der Waals surface area contributed by atoms with Crippen LogP contribution in [0, 0.1) is 0 Å². The number of hydrogen-bond donors (Lipinski definition) is 1. The van der Waals surface area contributed by atoms with Gasteiger partial charge in [0.1, 0.15) is 4.21 Å². The fraction of sp³-hybridized carbons (Fsp3) is 0.545. The third-order valence-electron chi connectivity index (χ3n) is 2.17. The maximum absolute atomic E-state index is 12.3. The molecule has 114 valence electrons. The van der Waals surface area contributed by atoms with Crippen molar-refractivity contribution in [3.05, 3.63) is 14.9 Å². The Morgan fingerprint density at radius 3 is 2.45 bits per heavy atom. The van der Waals surface area contributed by atoms with Gasteiger partial charge in [-0.05, 0) is 42.8 Å². The van der Waals surface area contributed by atoms with E-state index in [1.54, 1.807) is 0 Å². The SMILES string of the molecule is CN(CC(=O)NC(C)(C)C)S(=O)(=O)c1cc(Cl)c(Br)s1. The first kappa shape index (κ1) is 17.9. The molecule has 9 heteroatoms.